The van der Waals surface area contributed by atoms with Crippen molar-refractivity contribution in [2.45, 2.75) is 30.8 Å². The zero-order chi connectivity index (χ0) is 14.0. The molecule has 0 atom stereocenters. The van der Waals surface area contributed by atoms with Crippen molar-refractivity contribution in [2.75, 3.05) is 6.54 Å². The minimum atomic E-state index is -3.66. The molecule has 0 heterocycles. The smallest absolute Gasteiger partial charge is 0.242 e. The molecule has 0 radical (unpaired) electrons. The second-order valence-corrected chi connectivity index (χ2v) is 7.21. The minimum Gasteiger partial charge on any atom is -0.392 e. The molecule has 1 aliphatic rings. The highest BCUT2D eigenvalue weighted by Gasteiger charge is 2.23. The summed E-state index contributed by atoms with van der Waals surface area (Å²) < 4.78 is 26.7. The van der Waals surface area contributed by atoms with Crippen LogP contribution in [0.4, 0.5) is 0 Å². The van der Waals surface area contributed by atoms with Gasteiger partial charge in [-0.05, 0) is 30.0 Å². The van der Waals surface area contributed by atoms with Crippen LogP contribution in [-0.2, 0) is 16.6 Å². The Labute approximate surface area is 122 Å². The standard InChI is InChI=1S/C12H15Cl2NO3S/c13-10-6-11(14)12(5-9(10)7-16)19(17,18)15-4-3-8-1-2-8/h5-6,8,15-16H,1-4,7H2. The van der Waals surface area contributed by atoms with Crippen LogP contribution >= 0.6 is 23.2 Å². The molecule has 0 saturated heterocycles. The van der Waals surface area contributed by atoms with Crippen LogP contribution in [0.25, 0.3) is 0 Å². The maximum Gasteiger partial charge on any atom is 0.242 e. The molecule has 0 aromatic heterocycles. The minimum absolute atomic E-state index is 0.0431. The van der Waals surface area contributed by atoms with E-state index in [-0.39, 0.29) is 21.5 Å². The highest BCUT2D eigenvalue weighted by atomic mass is 35.5. The van der Waals surface area contributed by atoms with Gasteiger partial charge in [0.15, 0.2) is 0 Å². The van der Waals surface area contributed by atoms with Crippen LogP contribution in [0.1, 0.15) is 24.8 Å². The van der Waals surface area contributed by atoms with Gasteiger partial charge in [0.1, 0.15) is 4.90 Å². The molecule has 106 valence electrons. The Morgan fingerprint density at radius 3 is 2.53 bits per heavy atom. The number of hydrogen-bond donors (Lipinski definition) is 2. The summed E-state index contributed by atoms with van der Waals surface area (Å²) in [6, 6.07) is 2.65. The molecule has 0 unspecified atom stereocenters. The van der Waals surface area contributed by atoms with Crippen molar-refractivity contribution in [1.82, 2.24) is 4.72 Å². The monoisotopic (exact) mass is 323 g/mol. The Morgan fingerprint density at radius 1 is 1.26 bits per heavy atom. The normalized spacial score (nSPS) is 15.7. The van der Waals surface area contributed by atoms with Crippen LogP contribution < -0.4 is 4.72 Å². The largest absolute Gasteiger partial charge is 0.392 e. The highest BCUT2D eigenvalue weighted by molar-refractivity contribution is 7.89. The van der Waals surface area contributed by atoms with Gasteiger partial charge in [0.25, 0.3) is 0 Å². The van der Waals surface area contributed by atoms with Gasteiger partial charge in [0, 0.05) is 11.6 Å². The first-order chi connectivity index (χ1) is 8.94. The van der Waals surface area contributed by atoms with Crippen molar-refractivity contribution in [3.63, 3.8) is 0 Å². The second kappa shape index (κ2) is 5.97. The van der Waals surface area contributed by atoms with Gasteiger partial charge in [0.2, 0.25) is 10.0 Å². The lowest BCUT2D eigenvalue weighted by Gasteiger charge is -2.10. The van der Waals surface area contributed by atoms with Gasteiger partial charge in [0.05, 0.1) is 11.6 Å². The van der Waals surface area contributed by atoms with Gasteiger partial charge in [-0.25, -0.2) is 13.1 Å². The lowest BCUT2D eigenvalue weighted by Crippen LogP contribution is -2.25. The van der Waals surface area contributed by atoms with Crippen LogP contribution in [0.15, 0.2) is 17.0 Å². The van der Waals surface area contributed by atoms with Gasteiger partial charge >= 0.3 is 0 Å². The van der Waals surface area contributed by atoms with Gasteiger partial charge < -0.3 is 5.11 Å². The number of halogens is 2. The lowest BCUT2D eigenvalue weighted by atomic mass is 10.2. The number of aliphatic hydroxyl groups excluding tert-OH is 1. The molecule has 1 fully saturated rings. The maximum absolute atomic E-state index is 12.1. The van der Waals surface area contributed by atoms with Crippen LogP contribution in [0.3, 0.4) is 0 Å². The summed E-state index contributed by atoms with van der Waals surface area (Å²) in [5.74, 6) is 0.649. The summed E-state index contributed by atoms with van der Waals surface area (Å²) in [7, 11) is -3.66. The Hall–Kier alpha value is -0.330. The molecule has 2 N–H and O–H groups in total. The summed E-state index contributed by atoms with van der Waals surface area (Å²) in [6.07, 6.45) is 3.20. The molecule has 1 aromatic carbocycles. The molecule has 0 amide bonds. The van der Waals surface area contributed by atoms with E-state index in [4.69, 9.17) is 28.3 Å². The van der Waals surface area contributed by atoms with Gasteiger partial charge in [-0.15, -0.1) is 0 Å². The van der Waals surface area contributed by atoms with Crippen molar-refractivity contribution in [3.8, 4) is 0 Å². The molecular formula is C12H15Cl2NO3S. The summed E-state index contributed by atoms with van der Waals surface area (Å²) in [5, 5.41) is 9.42. The third-order valence-corrected chi connectivity index (χ3v) is 5.38. The molecule has 19 heavy (non-hydrogen) atoms. The molecule has 2 rings (SSSR count). The van der Waals surface area contributed by atoms with E-state index in [0.29, 0.717) is 18.0 Å². The molecule has 0 aliphatic heterocycles. The zero-order valence-corrected chi connectivity index (χ0v) is 12.5. The Balaban J connectivity index is 2.17. The second-order valence-electron chi connectivity index (χ2n) is 4.66. The first-order valence-corrected chi connectivity index (χ1v) is 8.26. The average molecular weight is 324 g/mol. The van der Waals surface area contributed by atoms with E-state index in [1.54, 1.807) is 0 Å². The third kappa shape index (κ3) is 3.83. The molecule has 7 heteroatoms. The Kier molecular flexibility index (Phi) is 4.74. The van der Waals surface area contributed by atoms with E-state index in [9.17, 15) is 8.42 Å². The van der Waals surface area contributed by atoms with Crippen molar-refractivity contribution in [2.24, 2.45) is 5.92 Å². The van der Waals surface area contributed by atoms with E-state index in [2.05, 4.69) is 4.72 Å². The quantitative estimate of drug-likeness (QED) is 0.845. The van der Waals surface area contributed by atoms with Crippen LogP contribution in [0.5, 0.6) is 0 Å². The molecule has 0 spiro atoms. The van der Waals surface area contributed by atoms with Crippen molar-refractivity contribution in [3.05, 3.63) is 27.7 Å². The fraction of sp³-hybridized carbons (Fsp3) is 0.500. The molecule has 4 nitrogen and oxygen atoms in total. The van der Waals surface area contributed by atoms with E-state index in [1.807, 2.05) is 0 Å². The van der Waals surface area contributed by atoms with Gasteiger partial charge in [-0.3, -0.25) is 0 Å². The number of benzene rings is 1. The predicted octanol–water partition coefficient (Wildman–Crippen LogP) is 2.56. The average Bonchev–Trinajstić information content (AvgIpc) is 3.12. The lowest BCUT2D eigenvalue weighted by molar-refractivity contribution is 0.281. The topological polar surface area (TPSA) is 66.4 Å². The number of sulfonamides is 1. The summed E-state index contributed by atoms with van der Waals surface area (Å²) in [5.41, 5.74) is 0.341. The fourth-order valence-corrected chi connectivity index (χ4v) is 3.68. The number of rotatable bonds is 6. The Morgan fingerprint density at radius 2 is 1.95 bits per heavy atom. The van der Waals surface area contributed by atoms with E-state index < -0.39 is 10.0 Å². The van der Waals surface area contributed by atoms with Crippen LogP contribution in [0, 0.1) is 5.92 Å². The Bertz CT molecular complexity index is 571. The van der Waals surface area contributed by atoms with Gasteiger partial charge in [-0.2, -0.15) is 0 Å². The van der Waals surface area contributed by atoms with Crippen molar-refractivity contribution < 1.29 is 13.5 Å². The summed E-state index contributed by atoms with van der Waals surface area (Å²) in [6.45, 7) is 0.0704. The number of aliphatic hydroxyl groups is 1. The first kappa shape index (κ1) is 15.1. The maximum atomic E-state index is 12.1. The third-order valence-electron chi connectivity index (χ3n) is 3.10. The SMILES string of the molecule is O=S(=O)(NCCC1CC1)c1cc(CO)c(Cl)cc1Cl. The fourth-order valence-electron chi connectivity index (χ4n) is 1.78. The molecular weight excluding hydrogens is 309 g/mol. The number of hydrogen-bond acceptors (Lipinski definition) is 3. The molecule has 1 aromatic rings. The van der Waals surface area contributed by atoms with Crippen LogP contribution in [-0.4, -0.2) is 20.1 Å². The van der Waals surface area contributed by atoms with E-state index in [0.717, 1.165) is 6.42 Å². The van der Waals surface area contributed by atoms with E-state index >= 15 is 0 Å². The van der Waals surface area contributed by atoms with Crippen molar-refractivity contribution >= 4 is 33.2 Å². The zero-order valence-electron chi connectivity index (χ0n) is 10.2. The van der Waals surface area contributed by atoms with E-state index in [1.165, 1.54) is 25.0 Å². The molecule has 1 aliphatic carbocycles. The molecule has 1 saturated carbocycles. The van der Waals surface area contributed by atoms with Crippen molar-refractivity contribution in [1.29, 1.82) is 0 Å². The summed E-state index contributed by atoms with van der Waals surface area (Å²) >= 11 is 11.8. The highest BCUT2D eigenvalue weighted by Crippen LogP contribution is 2.32. The molecule has 0 bridgehead atoms. The van der Waals surface area contributed by atoms with Gasteiger partial charge in [-0.1, -0.05) is 36.0 Å². The first-order valence-electron chi connectivity index (χ1n) is 6.02. The predicted molar refractivity (Wildman–Crippen MR) is 74.9 cm³/mol. The summed E-state index contributed by atoms with van der Waals surface area (Å²) in [4.78, 5) is -0.0431. The number of nitrogens with one attached hydrogen (secondary N) is 1. The van der Waals surface area contributed by atoms with Crippen LogP contribution in [0.2, 0.25) is 10.0 Å².